The molecule has 2 amide bonds. The summed E-state index contributed by atoms with van der Waals surface area (Å²) in [5.41, 5.74) is 3.70. The molecule has 0 aromatic heterocycles. The van der Waals surface area contributed by atoms with E-state index in [2.05, 4.69) is 17.6 Å². The van der Waals surface area contributed by atoms with Crippen LogP contribution in [0.4, 0.5) is 11.4 Å². The van der Waals surface area contributed by atoms with Crippen molar-refractivity contribution in [2.24, 2.45) is 0 Å². The first-order valence-corrected chi connectivity index (χ1v) is 9.45. The van der Waals surface area contributed by atoms with Crippen LogP contribution in [-0.2, 0) is 16.0 Å². The number of carbonyl (C=O) groups excluding carboxylic acids is 2. The molecule has 28 heavy (non-hydrogen) atoms. The van der Waals surface area contributed by atoms with Crippen molar-refractivity contribution >= 4 is 23.2 Å². The summed E-state index contributed by atoms with van der Waals surface area (Å²) in [6.45, 7) is 4.12. The number of ether oxygens (including phenoxy) is 1. The third-order valence-corrected chi connectivity index (χ3v) is 4.20. The quantitative estimate of drug-likeness (QED) is 0.696. The van der Waals surface area contributed by atoms with Crippen molar-refractivity contribution in [2.45, 2.75) is 26.7 Å². The van der Waals surface area contributed by atoms with Crippen LogP contribution in [0.15, 0.2) is 42.5 Å². The second kappa shape index (κ2) is 10.3. The molecule has 2 aromatic carbocycles. The van der Waals surface area contributed by atoms with Gasteiger partial charge in [-0.1, -0.05) is 31.5 Å². The predicted molar refractivity (Wildman–Crippen MR) is 113 cm³/mol. The van der Waals surface area contributed by atoms with E-state index in [1.807, 2.05) is 49.4 Å². The summed E-state index contributed by atoms with van der Waals surface area (Å²) in [4.78, 5) is 25.5. The van der Waals surface area contributed by atoms with Crippen LogP contribution in [0.2, 0.25) is 0 Å². The lowest BCUT2D eigenvalue weighted by atomic mass is 10.1. The number of hydrogen-bond acceptors (Lipinski definition) is 4. The molecule has 2 aromatic rings. The Bertz CT molecular complexity index is 801. The molecule has 0 fully saturated rings. The van der Waals surface area contributed by atoms with Crippen molar-refractivity contribution < 1.29 is 14.3 Å². The lowest BCUT2D eigenvalue weighted by Crippen LogP contribution is -2.28. The topological polar surface area (TPSA) is 70.7 Å². The molecule has 0 spiro atoms. The highest BCUT2D eigenvalue weighted by molar-refractivity contribution is 5.94. The summed E-state index contributed by atoms with van der Waals surface area (Å²) in [7, 11) is 3.36. The smallest absolute Gasteiger partial charge is 0.259 e. The largest absolute Gasteiger partial charge is 0.482 e. The molecule has 2 N–H and O–H groups in total. The van der Waals surface area contributed by atoms with Gasteiger partial charge in [0.25, 0.3) is 5.91 Å². The monoisotopic (exact) mass is 383 g/mol. The van der Waals surface area contributed by atoms with Crippen molar-refractivity contribution in [3.63, 3.8) is 0 Å². The summed E-state index contributed by atoms with van der Waals surface area (Å²) in [5, 5.41) is 5.96. The van der Waals surface area contributed by atoms with E-state index in [1.54, 1.807) is 14.1 Å². The Labute approximate surface area is 166 Å². The minimum absolute atomic E-state index is 0.0541. The van der Waals surface area contributed by atoms with E-state index in [0.717, 1.165) is 24.1 Å². The molecule has 0 atom stereocenters. The van der Waals surface area contributed by atoms with Crippen molar-refractivity contribution in [3.05, 3.63) is 53.6 Å². The number of hydrogen-bond donors (Lipinski definition) is 2. The Morgan fingerprint density at radius 1 is 1.07 bits per heavy atom. The number of nitrogens with zero attached hydrogens (tertiary/aromatic N) is 1. The van der Waals surface area contributed by atoms with Gasteiger partial charge >= 0.3 is 0 Å². The third-order valence-electron chi connectivity index (χ3n) is 4.20. The molecule has 0 aliphatic carbocycles. The van der Waals surface area contributed by atoms with Crippen molar-refractivity contribution in [2.75, 3.05) is 37.9 Å². The van der Waals surface area contributed by atoms with Crippen LogP contribution in [0, 0.1) is 6.92 Å². The number of carbonyl (C=O) groups is 2. The fourth-order valence-corrected chi connectivity index (χ4v) is 2.59. The van der Waals surface area contributed by atoms with Crippen molar-refractivity contribution in [1.29, 1.82) is 0 Å². The maximum absolute atomic E-state index is 12.3. The first kappa shape index (κ1) is 21.3. The second-order valence-electron chi connectivity index (χ2n) is 6.93. The SMILES string of the molecule is CCCc1ccc(NC(=O)CNc2ccc(C)cc2OCC(=O)N(C)C)cc1. The summed E-state index contributed by atoms with van der Waals surface area (Å²) in [6, 6.07) is 13.5. The van der Waals surface area contributed by atoms with Gasteiger partial charge in [-0.15, -0.1) is 0 Å². The van der Waals surface area contributed by atoms with Crippen LogP contribution in [-0.4, -0.2) is 44.0 Å². The standard InChI is InChI=1S/C22H29N3O3/c1-5-6-17-8-10-18(11-9-17)24-21(26)14-23-19-12-7-16(2)13-20(19)28-15-22(27)25(3)4/h7-13,23H,5-6,14-15H2,1-4H3,(H,24,26). The maximum atomic E-state index is 12.3. The van der Waals surface area contributed by atoms with Gasteiger partial charge in [0.15, 0.2) is 6.61 Å². The van der Waals surface area contributed by atoms with Gasteiger partial charge in [-0.3, -0.25) is 9.59 Å². The molecule has 6 heteroatoms. The first-order valence-electron chi connectivity index (χ1n) is 9.45. The zero-order valence-corrected chi connectivity index (χ0v) is 17.0. The van der Waals surface area contributed by atoms with Gasteiger partial charge < -0.3 is 20.3 Å². The molecule has 0 saturated carbocycles. The highest BCUT2D eigenvalue weighted by Crippen LogP contribution is 2.25. The van der Waals surface area contributed by atoms with Gasteiger partial charge in [0.05, 0.1) is 12.2 Å². The number of anilines is 2. The fraction of sp³-hybridized carbons (Fsp3) is 0.364. The molecule has 0 radical (unpaired) electrons. The Hall–Kier alpha value is -3.02. The van der Waals surface area contributed by atoms with Crippen molar-refractivity contribution in [1.82, 2.24) is 4.90 Å². The van der Waals surface area contributed by atoms with Gasteiger partial charge in [0, 0.05) is 19.8 Å². The molecule has 0 aliphatic heterocycles. The van der Waals surface area contributed by atoms with E-state index < -0.39 is 0 Å². The Kier molecular flexibility index (Phi) is 7.87. The summed E-state index contributed by atoms with van der Waals surface area (Å²) in [6.07, 6.45) is 2.12. The van der Waals surface area contributed by atoms with E-state index in [9.17, 15) is 9.59 Å². The molecular weight excluding hydrogens is 354 g/mol. The third kappa shape index (κ3) is 6.61. The minimum atomic E-state index is -0.154. The number of amides is 2. The highest BCUT2D eigenvalue weighted by atomic mass is 16.5. The molecule has 0 heterocycles. The van der Waals surface area contributed by atoms with Crippen LogP contribution < -0.4 is 15.4 Å². The fourth-order valence-electron chi connectivity index (χ4n) is 2.59. The van der Waals surface area contributed by atoms with E-state index in [4.69, 9.17) is 4.74 Å². The number of aryl methyl sites for hydroxylation is 2. The van der Waals surface area contributed by atoms with Crippen LogP contribution in [0.1, 0.15) is 24.5 Å². The van der Waals surface area contributed by atoms with E-state index in [-0.39, 0.29) is 25.0 Å². The predicted octanol–water partition coefficient (Wildman–Crippen LogP) is 3.47. The van der Waals surface area contributed by atoms with Gasteiger partial charge in [0.1, 0.15) is 5.75 Å². The van der Waals surface area contributed by atoms with Gasteiger partial charge in [-0.2, -0.15) is 0 Å². The lowest BCUT2D eigenvalue weighted by Gasteiger charge is -2.16. The average Bonchev–Trinajstić information content (AvgIpc) is 2.67. The summed E-state index contributed by atoms with van der Waals surface area (Å²) < 4.78 is 5.64. The molecule has 2 rings (SSSR count). The Morgan fingerprint density at radius 2 is 1.79 bits per heavy atom. The van der Waals surface area contributed by atoms with Crippen LogP contribution in [0.5, 0.6) is 5.75 Å². The highest BCUT2D eigenvalue weighted by Gasteiger charge is 2.10. The summed E-state index contributed by atoms with van der Waals surface area (Å²) in [5.74, 6) is 0.266. The van der Waals surface area contributed by atoms with Crippen LogP contribution in [0.25, 0.3) is 0 Å². The zero-order chi connectivity index (χ0) is 20.5. The molecule has 0 bridgehead atoms. The molecule has 0 unspecified atom stereocenters. The molecule has 0 aliphatic rings. The normalized spacial score (nSPS) is 10.3. The van der Waals surface area contributed by atoms with Crippen LogP contribution in [0.3, 0.4) is 0 Å². The number of likely N-dealkylation sites (N-methyl/N-ethyl adjacent to an activating group) is 1. The van der Waals surface area contributed by atoms with Crippen molar-refractivity contribution in [3.8, 4) is 5.75 Å². The van der Waals surface area contributed by atoms with E-state index >= 15 is 0 Å². The Morgan fingerprint density at radius 3 is 2.43 bits per heavy atom. The first-order chi connectivity index (χ1) is 13.4. The van der Waals surface area contributed by atoms with Gasteiger partial charge in [-0.05, 0) is 48.7 Å². The average molecular weight is 383 g/mol. The Balaban J connectivity index is 1.93. The number of nitrogens with one attached hydrogen (secondary N) is 2. The van der Waals surface area contributed by atoms with Gasteiger partial charge in [0.2, 0.25) is 5.91 Å². The lowest BCUT2D eigenvalue weighted by molar-refractivity contribution is -0.130. The number of benzene rings is 2. The van der Waals surface area contributed by atoms with Gasteiger partial charge in [-0.25, -0.2) is 0 Å². The minimum Gasteiger partial charge on any atom is -0.482 e. The number of rotatable bonds is 9. The molecular formula is C22H29N3O3. The van der Waals surface area contributed by atoms with Crippen LogP contribution >= 0.6 is 0 Å². The zero-order valence-electron chi connectivity index (χ0n) is 17.0. The van der Waals surface area contributed by atoms with E-state index in [0.29, 0.717) is 11.4 Å². The summed E-state index contributed by atoms with van der Waals surface area (Å²) >= 11 is 0. The molecule has 0 saturated heterocycles. The molecule has 6 nitrogen and oxygen atoms in total. The maximum Gasteiger partial charge on any atom is 0.259 e. The second-order valence-corrected chi connectivity index (χ2v) is 6.93. The van der Waals surface area contributed by atoms with E-state index in [1.165, 1.54) is 10.5 Å². The molecule has 150 valence electrons.